The zero-order valence-electron chi connectivity index (χ0n) is 14.8. The van der Waals surface area contributed by atoms with Crippen LogP contribution in [0.1, 0.15) is 34.5 Å². The van der Waals surface area contributed by atoms with E-state index in [0.29, 0.717) is 17.0 Å². The highest BCUT2D eigenvalue weighted by Crippen LogP contribution is 2.33. The molecule has 6 heteroatoms. The Bertz CT molecular complexity index is 1020. The minimum Gasteiger partial charge on any atom is -0.484 e. The van der Waals surface area contributed by atoms with Crippen molar-refractivity contribution >= 4 is 28.5 Å². The zero-order valence-corrected chi connectivity index (χ0v) is 14.8. The van der Waals surface area contributed by atoms with Crippen molar-refractivity contribution in [3.63, 3.8) is 0 Å². The van der Waals surface area contributed by atoms with E-state index in [-0.39, 0.29) is 12.5 Å². The lowest BCUT2D eigenvalue weighted by Crippen LogP contribution is -2.20. The number of hydrogen-bond acceptors (Lipinski definition) is 4. The van der Waals surface area contributed by atoms with Crippen molar-refractivity contribution in [1.82, 2.24) is 0 Å². The van der Waals surface area contributed by atoms with Crippen LogP contribution in [0.3, 0.4) is 0 Å². The molecule has 138 valence electrons. The Labute approximate surface area is 156 Å². The highest BCUT2D eigenvalue weighted by atomic mass is 16.5. The fraction of sp³-hybridized carbons (Fsp3) is 0.238. The number of carbonyl (C=O) groups is 2. The second kappa shape index (κ2) is 7.15. The van der Waals surface area contributed by atoms with Crippen molar-refractivity contribution in [2.24, 2.45) is 5.73 Å². The molecule has 0 atom stereocenters. The quantitative estimate of drug-likeness (QED) is 0.725. The van der Waals surface area contributed by atoms with Crippen LogP contribution in [0.2, 0.25) is 0 Å². The van der Waals surface area contributed by atoms with Crippen LogP contribution in [0.15, 0.2) is 46.9 Å². The van der Waals surface area contributed by atoms with Crippen LogP contribution in [0.4, 0.5) is 5.69 Å². The summed E-state index contributed by atoms with van der Waals surface area (Å²) in [4.78, 5) is 23.4. The Balaban J connectivity index is 1.43. The number of benzene rings is 2. The average Bonchev–Trinajstić information content (AvgIpc) is 3.04. The van der Waals surface area contributed by atoms with Crippen LogP contribution in [-0.4, -0.2) is 18.4 Å². The van der Waals surface area contributed by atoms with Gasteiger partial charge < -0.3 is 20.2 Å². The summed E-state index contributed by atoms with van der Waals surface area (Å²) < 4.78 is 11.5. The highest BCUT2D eigenvalue weighted by molar-refractivity contribution is 5.96. The van der Waals surface area contributed by atoms with Crippen molar-refractivity contribution in [1.29, 1.82) is 0 Å². The Hall–Kier alpha value is -3.28. The molecule has 0 aliphatic heterocycles. The lowest BCUT2D eigenvalue weighted by Gasteiger charge is -2.10. The summed E-state index contributed by atoms with van der Waals surface area (Å²) in [5.41, 5.74) is 8.21. The molecule has 4 rings (SSSR count). The highest BCUT2D eigenvalue weighted by Gasteiger charge is 2.18. The van der Waals surface area contributed by atoms with Gasteiger partial charge >= 0.3 is 0 Å². The molecule has 27 heavy (non-hydrogen) atoms. The molecule has 1 heterocycles. The van der Waals surface area contributed by atoms with Gasteiger partial charge in [0.25, 0.3) is 5.91 Å². The molecule has 0 saturated carbocycles. The van der Waals surface area contributed by atoms with Crippen LogP contribution >= 0.6 is 0 Å². The van der Waals surface area contributed by atoms with E-state index < -0.39 is 5.91 Å². The van der Waals surface area contributed by atoms with Gasteiger partial charge in [0.2, 0.25) is 5.91 Å². The first-order chi connectivity index (χ1) is 13.1. The Morgan fingerprint density at radius 2 is 1.96 bits per heavy atom. The number of hydrogen-bond donors (Lipinski definition) is 2. The van der Waals surface area contributed by atoms with E-state index in [1.807, 2.05) is 12.1 Å². The van der Waals surface area contributed by atoms with Crippen LogP contribution in [0.5, 0.6) is 5.75 Å². The predicted octanol–water partition coefficient (Wildman–Crippen LogP) is 3.43. The van der Waals surface area contributed by atoms with Gasteiger partial charge in [-0.2, -0.15) is 0 Å². The topological polar surface area (TPSA) is 94.6 Å². The summed E-state index contributed by atoms with van der Waals surface area (Å²) in [6, 6.07) is 12.1. The average molecular weight is 364 g/mol. The molecule has 3 N–H and O–H groups in total. The summed E-state index contributed by atoms with van der Waals surface area (Å²) in [5.74, 6) is 0.836. The number of nitrogens with two attached hydrogens (primary N) is 1. The number of rotatable bonds is 5. The molecule has 0 radical (unpaired) electrons. The number of anilines is 1. The normalized spacial score (nSPS) is 13.2. The van der Waals surface area contributed by atoms with Gasteiger partial charge in [0.15, 0.2) is 6.61 Å². The maximum atomic E-state index is 12.1. The second-order valence-electron chi connectivity index (χ2n) is 6.65. The van der Waals surface area contributed by atoms with Gasteiger partial charge in [0.1, 0.15) is 17.1 Å². The number of nitrogens with one attached hydrogen (secondary N) is 1. The number of ether oxygens (including phenoxy) is 1. The summed E-state index contributed by atoms with van der Waals surface area (Å²) in [5, 5.41) is 3.77. The minimum absolute atomic E-state index is 0.133. The smallest absolute Gasteiger partial charge is 0.262 e. The summed E-state index contributed by atoms with van der Waals surface area (Å²) >= 11 is 0. The molecule has 0 fully saturated rings. The third kappa shape index (κ3) is 3.65. The van der Waals surface area contributed by atoms with E-state index in [1.165, 1.54) is 18.1 Å². The van der Waals surface area contributed by atoms with Crippen molar-refractivity contribution in [3.05, 3.63) is 59.4 Å². The van der Waals surface area contributed by atoms with Crippen molar-refractivity contribution in [2.45, 2.75) is 25.7 Å². The maximum Gasteiger partial charge on any atom is 0.262 e. The second-order valence-corrected chi connectivity index (χ2v) is 6.65. The standard InChI is InChI=1S/C21H20N2O4/c22-21(25)13-4-3-5-14(10-13)23-20(24)12-26-15-8-9-19-17(11-15)16-6-1-2-7-18(16)27-19/h3-5,8-11H,1-2,6-7,12H2,(H2,22,25)(H,23,24). The van der Waals surface area contributed by atoms with Crippen LogP contribution < -0.4 is 15.8 Å². The fourth-order valence-corrected chi connectivity index (χ4v) is 3.43. The van der Waals surface area contributed by atoms with Crippen molar-refractivity contribution in [3.8, 4) is 5.75 Å². The molecule has 0 bridgehead atoms. The van der Waals surface area contributed by atoms with E-state index in [2.05, 4.69) is 5.32 Å². The summed E-state index contributed by atoms with van der Waals surface area (Å²) in [7, 11) is 0. The third-order valence-electron chi connectivity index (χ3n) is 4.73. The molecule has 0 spiro atoms. The summed E-state index contributed by atoms with van der Waals surface area (Å²) in [6.07, 6.45) is 4.32. The van der Waals surface area contributed by atoms with E-state index in [0.717, 1.165) is 36.0 Å². The van der Waals surface area contributed by atoms with Crippen LogP contribution in [-0.2, 0) is 17.6 Å². The van der Waals surface area contributed by atoms with Gasteiger partial charge in [0.05, 0.1) is 0 Å². The van der Waals surface area contributed by atoms with Gasteiger partial charge in [-0.15, -0.1) is 0 Å². The van der Waals surface area contributed by atoms with Gasteiger partial charge in [-0.25, -0.2) is 0 Å². The first-order valence-electron chi connectivity index (χ1n) is 8.97. The predicted molar refractivity (Wildman–Crippen MR) is 102 cm³/mol. The Kier molecular flexibility index (Phi) is 4.54. The maximum absolute atomic E-state index is 12.1. The lowest BCUT2D eigenvalue weighted by atomic mass is 9.96. The molecule has 2 aromatic carbocycles. The number of amides is 2. The molecular formula is C21H20N2O4. The molecule has 2 amide bonds. The first kappa shape index (κ1) is 17.1. The summed E-state index contributed by atoms with van der Waals surface area (Å²) in [6.45, 7) is -0.133. The van der Waals surface area contributed by atoms with Gasteiger partial charge in [-0.05, 0) is 55.7 Å². The molecule has 1 aliphatic carbocycles. The molecule has 6 nitrogen and oxygen atoms in total. The van der Waals surface area contributed by atoms with E-state index >= 15 is 0 Å². The molecule has 3 aromatic rings. The third-order valence-corrected chi connectivity index (χ3v) is 4.73. The largest absolute Gasteiger partial charge is 0.484 e. The number of primary amides is 1. The van der Waals surface area contributed by atoms with Crippen molar-refractivity contribution < 1.29 is 18.7 Å². The van der Waals surface area contributed by atoms with Crippen LogP contribution in [0, 0.1) is 0 Å². The zero-order chi connectivity index (χ0) is 18.8. The van der Waals surface area contributed by atoms with Gasteiger partial charge in [0, 0.05) is 28.6 Å². The van der Waals surface area contributed by atoms with Gasteiger partial charge in [-0.1, -0.05) is 6.07 Å². The van der Waals surface area contributed by atoms with E-state index in [1.54, 1.807) is 24.3 Å². The number of fused-ring (bicyclic) bond motifs is 3. The molecule has 0 saturated heterocycles. The fourth-order valence-electron chi connectivity index (χ4n) is 3.43. The first-order valence-corrected chi connectivity index (χ1v) is 8.97. The molecule has 0 unspecified atom stereocenters. The molecule has 1 aliphatic rings. The monoisotopic (exact) mass is 364 g/mol. The number of aryl methyl sites for hydroxylation is 2. The number of furan rings is 1. The lowest BCUT2D eigenvalue weighted by molar-refractivity contribution is -0.118. The minimum atomic E-state index is -0.543. The SMILES string of the molecule is NC(=O)c1cccc(NC(=O)COc2ccc3oc4c(c3c2)CCCC4)c1. The van der Waals surface area contributed by atoms with E-state index in [9.17, 15) is 9.59 Å². The number of carbonyl (C=O) groups excluding carboxylic acids is 2. The van der Waals surface area contributed by atoms with Crippen LogP contribution in [0.25, 0.3) is 11.0 Å². The Morgan fingerprint density at radius 3 is 2.81 bits per heavy atom. The van der Waals surface area contributed by atoms with Crippen molar-refractivity contribution in [2.75, 3.05) is 11.9 Å². The Morgan fingerprint density at radius 1 is 1.11 bits per heavy atom. The molecular weight excluding hydrogens is 344 g/mol. The van der Waals surface area contributed by atoms with Gasteiger partial charge in [-0.3, -0.25) is 9.59 Å². The van der Waals surface area contributed by atoms with E-state index in [4.69, 9.17) is 14.9 Å². The molecule has 1 aromatic heterocycles.